The van der Waals surface area contributed by atoms with Crippen molar-refractivity contribution in [2.24, 2.45) is 0 Å². The van der Waals surface area contributed by atoms with E-state index in [1.54, 1.807) is 12.1 Å². The number of phenolic OH excluding ortho intramolecular Hbond substituents is 2. The van der Waals surface area contributed by atoms with Crippen LogP contribution in [0.5, 0.6) is 11.5 Å². The maximum atomic E-state index is 13.3. The van der Waals surface area contributed by atoms with Crippen LogP contribution >= 0.6 is 0 Å². The van der Waals surface area contributed by atoms with E-state index in [1.165, 1.54) is 29.2 Å². The van der Waals surface area contributed by atoms with Crippen LogP contribution in [0.3, 0.4) is 0 Å². The molecule has 0 saturated carbocycles. The van der Waals surface area contributed by atoms with Gasteiger partial charge in [-0.25, -0.2) is 4.39 Å². The van der Waals surface area contributed by atoms with E-state index < -0.39 is 0 Å². The summed E-state index contributed by atoms with van der Waals surface area (Å²) in [6, 6.07) is 8.78. The van der Waals surface area contributed by atoms with Crippen LogP contribution in [0, 0.1) is 5.82 Å². The average molecular weight is 331 g/mol. The number of benzene rings is 2. The molecule has 128 valence electrons. The summed E-state index contributed by atoms with van der Waals surface area (Å²) in [4.78, 5) is 14.3. The van der Waals surface area contributed by atoms with Crippen molar-refractivity contribution in [3.05, 3.63) is 58.9 Å². The van der Waals surface area contributed by atoms with Crippen LogP contribution in [0.15, 0.2) is 36.4 Å². The second-order valence-electron chi connectivity index (χ2n) is 6.03. The minimum atomic E-state index is -0.360. The normalized spacial score (nSPS) is 10.9. The van der Waals surface area contributed by atoms with Gasteiger partial charge in [-0.1, -0.05) is 26.0 Å². The highest BCUT2D eigenvalue weighted by molar-refractivity contribution is 5.97. The summed E-state index contributed by atoms with van der Waals surface area (Å²) in [5, 5.41) is 20.0. The van der Waals surface area contributed by atoms with Crippen LogP contribution in [0.4, 0.5) is 4.39 Å². The lowest BCUT2D eigenvalue weighted by molar-refractivity contribution is 0.0749. The van der Waals surface area contributed by atoms with Gasteiger partial charge in [-0.05, 0) is 42.2 Å². The Bertz CT molecular complexity index is 743. The van der Waals surface area contributed by atoms with Gasteiger partial charge in [0.1, 0.15) is 17.3 Å². The molecule has 0 aliphatic carbocycles. The van der Waals surface area contributed by atoms with Crippen molar-refractivity contribution in [3.63, 3.8) is 0 Å². The number of rotatable bonds is 5. The molecular weight excluding hydrogens is 309 g/mol. The van der Waals surface area contributed by atoms with Crippen molar-refractivity contribution in [2.45, 2.75) is 33.2 Å². The zero-order valence-electron chi connectivity index (χ0n) is 14.1. The van der Waals surface area contributed by atoms with E-state index in [0.717, 1.165) is 0 Å². The first-order valence-corrected chi connectivity index (χ1v) is 7.93. The lowest BCUT2D eigenvalue weighted by Crippen LogP contribution is -2.30. The molecule has 1 amide bonds. The Balaban J connectivity index is 2.33. The van der Waals surface area contributed by atoms with Gasteiger partial charge in [0.25, 0.3) is 5.91 Å². The van der Waals surface area contributed by atoms with Crippen LogP contribution < -0.4 is 0 Å². The summed E-state index contributed by atoms with van der Waals surface area (Å²) < 4.78 is 13.3. The molecule has 0 heterocycles. The van der Waals surface area contributed by atoms with Crippen LogP contribution in [-0.4, -0.2) is 27.6 Å². The Morgan fingerprint density at radius 2 is 1.88 bits per heavy atom. The zero-order chi connectivity index (χ0) is 17.9. The number of hydrogen-bond acceptors (Lipinski definition) is 3. The number of amides is 1. The van der Waals surface area contributed by atoms with E-state index >= 15 is 0 Å². The van der Waals surface area contributed by atoms with Gasteiger partial charge in [-0.2, -0.15) is 0 Å². The molecule has 5 heteroatoms. The molecule has 0 unspecified atom stereocenters. The first-order valence-electron chi connectivity index (χ1n) is 7.93. The summed E-state index contributed by atoms with van der Waals surface area (Å²) in [5.74, 6) is -1.01. The third kappa shape index (κ3) is 3.85. The Labute approximate surface area is 141 Å². The molecule has 4 nitrogen and oxygen atoms in total. The predicted molar refractivity (Wildman–Crippen MR) is 90.7 cm³/mol. The van der Waals surface area contributed by atoms with E-state index in [2.05, 4.69) is 0 Å². The molecule has 0 saturated heterocycles. The van der Waals surface area contributed by atoms with E-state index in [9.17, 15) is 19.4 Å². The van der Waals surface area contributed by atoms with Gasteiger partial charge < -0.3 is 15.1 Å². The average Bonchev–Trinajstić information content (AvgIpc) is 2.51. The molecule has 0 fully saturated rings. The number of carbonyl (C=O) groups is 1. The maximum Gasteiger partial charge on any atom is 0.257 e. The Hall–Kier alpha value is -2.56. The molecule has 0 aliphatic rings. The highest BCUT2D eigenvalue weighted by atomic mass is 19.1. The Morgan fingerprint density at radius 3 is 2.46 bits per heavy atom. The fourth-order valence-corrected chi connectivity index (χ4v) is 2.58. The lowest BCUT2D eigenvalue weighted by Gasteiger charge is -2.22. The molecule has 24 heavy (non-hydrogen) atoms. The summed E-state index contributed by atoms with van der Waals surface area (Å²) in [7, 11) is 0. The fraction of sp³-hybridized carbons (Fsp3) is 0.316. The minimum Gasteiger partial charge on any atom is -0.508 e. The highest BCUT2D eigenvalue weighted by Crippen LogP contribution is 2.33. The van der Waals surface area contributed by atoms with Gasteiger partial charge in [0.2, 0.25) is 0 Å². The van der Waals surface area contributed by atoms with Crippen molar-refractivity contribution in [3.8, 4) is 11.5 Å². The van der Waals surface area contributed by atoms with E-state index in [0.29, 0.717) is 17.7 Å². The predicted octanol–water partition coefficient (Wildman–Crippen LogP) is 4.02. The summed E-state index contributed by atoms with van der Waals surface area (Å²) in [6.45, 7) is 6.25. The first kappa shape index (κ1) is 17.8. The van der Waals surface area contributed by atoms with Crippen molar-refractivity contribution in [2.75, 3.05) is 6.54 Å². The molecule has 0 radical (unpaired) electrons. The number of aromatic hydroxyl groups is 2. The standard InChI is InChI=1S/C19H22FNO3/c1-4-21(11-13-6-5-7-14(20)8-13)19(24)16-9-15(12(2)3)17(22)10-18(16)23/h5-10,12,22-23H,4,11H2,1-3H3. The Morgan fingerprint density at radius 1 is 1.17 bits per heavy atom. The van der Waals surface area contributed by atoms with Crippen LogP contribution in [0.2, 0.25) is 0 Å². The number of nitrogens with zero attached hydrogens (tertiary/aromatic N) is 1. The molecule has 2 N–H and O–H groups in total. The Kier molecular flexibility index (Phi) is 5.44. The number of halogens is 1. The summed E-state index contributed by atoms with van der Waals surface area (Å²) in [6.07, 6.45) is 0. The largest absolute Gasteiger partial charge is 0.508 e. The highest BCUT2D eigenvalue weighted by Gasteiger charge is 2.21. The van der Waals surface area contributed by atoms with Crippen molar-refractivity contribution >= 4 is 5.91 Å². The zero-order valence-corrected chi connectivity index (χ0v) is 14.1. The molecule has 0 bridgehead atoms. The van der Waals surface area contributed by atoms with Gasteiger partial charge in [0, 0.05) is 19.2 Å². The van der Waals surface area contributed by atoms with Gasteiger partial charge in [-0.3, -0.25) is 4.79 Å². The van der Waals surface area contributed by atoms with E-state index in [1.807, 2.05) is 20.8 Å². The number of phenols is 2. The van der Waals surface area contributed by atoms with Gasteiger partial charge in [-0.15, -0.1) is 0 Å². The lowest BCUT2D eigenvalue weighted by atomic mass is 9.98. The van der Waals surface area contributed by atoms with Crippen LogP contribution in [0.25, 0.3) is 0 Å². The third-order valence-electron chi connectivity index (χ3n) is 3.93. The molecular formula is C19H22FNO3. The molecule has 2 rings (SSSR count). The van der Waals surface area contributed by atoms with Gasteiger partial charge >= 0.3 is 0 Å². The van der Waals surface area contributed by atoms with Crippen molar-refractivity contribution in [1.82, 2.24) is 4.90 Å². The number of carbonyl (C=O) groups excluding carboxylic acids is 1. The molecule has 0 aromatic heterocycles. The quantitative estimate of drug-likeness (QED) is 0.870. The third-order valence-corrected chi connectivity index (χ3v) is 3.93. The van der Waals surface area contributed by atoms with Gasteiger partial charge in [0.05, 0.1) is 5.56 Å². The minimum absolute atomic E-state index is 0.00967. The second-order valence-corrected chi connectivity index (χ2v) is 6.03. The van der Waals surface area contributed by atoms with Crippen LogP contribution in [-0.2, 0) is 6.54 Å². The van der Waals surface area contributed by atoms with Gasteiger partial charge in [0.15, 0.2) is 0 Å². The molecule has 2 aromatic rings. The fourth-order valence-electron chi connectivity index (χ4n) is 2.58. The summed E-state index contributed by atoms with van der Waals surface area (Å²) in [5.41, 5.74) is 1.40. The SMILES string of the molecule is CCN(Cc1cccc(F)c1)C(=O)c1cc(C(C)C)c(O)cc1O. The van der Waals surface area contributed by atoms with E-state index in [4.69, 9.17) is 0 Å². The molecule has 0 spiro atoms. The molecule has 2 aromatic carbocycles. The monoisotopic (exact) mass is 331 g/mol. The topological polar surface area (TPSA) is 60.8 Å². The first-order chi connectivity index (χ1) is 11.3. The van der Waals surface area contributed by atoms with Crippen molar-refractivity contribution in [1.29, 1.82) is 0 Å². The summed E-state index contributed by atoms with van der Waals surface area (Å²) >= 11 is 0. The van der Waals surface area contributed by atoms with Crippen LogP contribution in [0.1, 0.15) is 48.2 Å². The second kappa shape index (κ2) is 7.34. The van der Waals surface area contributed by atoms with Crippen molar-refractivity contribution < 1.29 is 19.4 Å². The maximum absolute atomic E-state index is 13.3. The molecule has 0 atom stereocenters. The number of hydrogen-bond donors (Lipinski definition) is 2. The van der Waals surface area contributed by atoms with E-state index in [-0.39, 0.29) is 41.2 Å². The smallest absolute Gasteiger partial charge is 0.257 e. The molecule has 0 aliphatic heterocycles.